The van der Waals surface area contributed by atoms with Crippen LogP contribution < -0.4 is 0 Å². The molecule has 6 nitrogen and oxygen atoms in total. The minimum atomic E-state index is -0.388. The molecule has 0 bridgehead atoms. The smallest absolute Gasteiger partial charge is 0.226 e. The summed E-state index contributed by atoms with van der Waals surface area (Å²) in [5.41, 5.74) is 3.96. The van der Waals surface area contributed by atoms with Gasteiger partial charge in [-0.1, -0.05) is 42.5 Å². The summed E-state index contributed by atoms with van der Waals surface area (Å²) in [6.45, 7) is 1.48. The lowest BCUT2D eigenvalue weighted by Gasteiger charge is -2.19. The zero-order valence-electron chi connectivity index (χ0n) is 20.1. The molecule has 0 aliphatic heterocycles. The third-order valence-corrected chi connectivity index (χ3v) is 5.87. The standard InChI is InChI=1S/C28H29FN4O2/c1-32(2)15-16-33(3)25(34)17-19-9-12-22(13-10-19)30-27(20-7-5-4-6-8-20)26-23-14-11-21(29)18-24(23)31-28(26)35/h4-14,18,31,35H,15-17H2,1-3H3. The van der Waals surface area contributed by atoms with Gasteiger partial charge in [0.1, 0.15) is 5.82 Å². The van der Waals surface area contributed by atoms with Gasteiger partial charge < -0.3 is 19.9 Å². The first-order valence-corrected chi connectivity index (χ1v) is 11.4. The van der Waals surface area contributed by atoms with Gasteiger partial charge in [-0.15, -0.1) is 0 Å². The molecule has 4 aromatic rings. The predicted octanol–water partition coefficient (Wildman–Crippen LogP) is 4.74. The molecule has 0 saturated carbocycles. The predicted molar refractivity (Wildman–Crippen MR) is 138 cm³/mol. The summed E-state index contributed by atoms with van der Waals surface area (Å²) in [4.78, 5) is 24.0. The molecular weight excluding hydrogens is 443 g/mol. The SMILES string of the molecule is CN(C)CCN(C)C(=O)Cc1ccc(N=C(c2ccccc2)c2c(O)[nH]c3cc(F)ccc23)cc1. The molecule has 0 aliphatic rings. The van der Waals surface area contributed by atoms with Crippen molar-refractivity contribution in [2.24, 2.45) is 4.99 Å². The summed E-state index contributed by atoms with van der Waals surface area (Å²) in [7, 11) is 5.78. The van der Waals surface area contributed by atoms with Crippen molar-refractivity contribution in [3.05, 3.63) is 95.3 Å². The molecule has 1 heterocycles. The van der Waals surface area contributed by atoms with Crippen molar-refractivity contribution in [3.63, 3.8) is 0 Å². The number of hydrogen-bond donors (Lipinski definition) is 2. The van der Waals surface area contributed by atoms with Gasteiger partial charge >= 0.3 is 0 Å². The number of H-pyrrole nitrogens is 1. The average molecular weight is 473 g/mol. The fourth-order valence-corrected chi connectivity index (χ4v) is 3.86. The second kappa shape index (κ2) is 10.5. The first-order chi connectivity index (χ1) is 16.8. The summed E-state index contributed by atoms with van der Waals surface area (Å²) >= 11 is 0. The highest BCUT2D eigenvalue weighted by Crippen LogP contribution is 2.32. The third kappa shape index (κ3) is 5.75. The van der Waals surface area contributed by atoms with E-state index >= 15 is 0 Å². The number of likely N-dealkylation sites (N-methyl/N-ethyl adjacent to an activating group) is 2. The fourth-order valence-electron chi connectivity index (χ4n) is 3.86. The Balaban J connectivity index is 1.65. The van der Waals surface area contributed by atoms with Crippen molar-refractivity contribution in [1.82, 2.24) is 14.8 Å². The summed E-state index contributed by atoms with van der Waals surface area (Å²) in [6.07, 6.45) is 0.314. The maximum atomic E-state index is 13.7. The number of carbonyl (C=O) groups excluding carboxylic acids is 1. The van der Waals surface area contributed by atoms with Crippen molar-refractivity contribution in [2.75, 3.05) is 34.2 Å². The number of aromatic hydroxyl groups is 1. The van der Waals surface area contributed by atoms with Crippen LogP contribution in [0.25, 0.3) is 10.9 Å². The molecule has 0 saturated heterocycles. The van der Waals surface area contributed by atoms with Gasteiger partial charge in [0.15, 0.2) is 5.88 Å². The van der Waals surface area contributed by atoms with Crippen LogP contribution in [0.1, 0.15) is 16.7 Å². The van der Waals surface area contributed by atoms with Gasteiger partial charge in [-0.25, -0.2) is 9.38 Å². The van der Waals surface area contributed by atoms with E-state index in [0.29, 0.717) is 40.8 Å². The minimum absolute atomic E-state index is 0.0593. The van der Waals surface area contributed by atoms with Crippen LogP contribution in [0.3, 0.4) is 0 Å². The Hall–Kier alpha value is -3.97. The van der Waals surface area contributed by atoms with Crippen LogP contribution in [0.2, 0.25) is 0 Å². The Bertz CT molecular complexity index is 1340. The Morgan fingerprint density at radius 1 is 0.971 bits per heavy atom. The molecule has 7 heteroatoms. The van der Waals surface area contributed by atoms with Gasteiger partial charge in [0, 0.05) is 31.1 Å². The maximum Gasteiger partial charge on any atom is 0.226 e. The number of nitrogens with zero attached hydrogens (tertiary/aromatic N) is 3. The van der Waals surface area contributed by atoms with Gasteiger partial charge in [-0.2, -0.15) is 0 Å². The number of halogens is 1. The van der Waals surface area contributed by atoms with Crippen LogP contribution in [-0.4, -0.2) is 65.7 Å². The van der Waals surface area contributed by atoms with Crippen molar-refractivity contribution < 1.29 is 14.3 Å². The largest absolute Gasteiger partial charge is 0.494 e. The van der Waals surface area contributed by atoms with Gasteiger partial charge in [0.05, 0.1) is 28.9 Å². The molecular formula is C28H29FN4O2. The molecule has 0 spiro atoms. The van der Waals surface area contributed by atoms with Gasteiger partial charge in [0.25, 0.3) is 0 Å². The van der Waals surface area contributed by atoms with Crippen LogP contribution in [0.5, 0.6) is 5.88 Å². The van der Waals surface area contributed by atoms with E-state index in [1.807, 2.05) is 80.6 Å². The Morgan fingerprint density at radius 2 is 1.69 bits per heavy atom. The molecule has 0 radical (unpaired) electrons. The lowest BCUT2D eigenvalue weighted by Crippen LogP contribution is -2.34. The first kappa shape index (κ1) is 24.2. The van der Waals surface area contributed by atoms with Gasteiger partial charge in [-0.3, -0.25) is 4.79 Å². The van der Waals surface area contributed by atoms with Crippen LogP contribution in [-0.2, 0) is 11.2 Å². The molecule has 180 valence electrons. The van der Waals surface area contributed by atoms with E-state index < -0.39 is 0 Å². The highest BCUT2D eigenvalue weighted by Gasteiger charge is 2.19. The molecule has 1 amide bonds. The molecule has 0 unspecified atom stereocenters. The van der Waals surface area contributed by atoms with Crippen LogP contribution >= 0.6 is 0 Å². The summed E-state index contributed by atoms with van der Waals surface area (Å²) in [6, 6.07) is 21.4. The number of benzene rings is 3. The van der Waals surface area contributed by atoms with E-state index in [1.165, 1.54) is 12.1 Å². The van der Waals surface area contributed by atoms with E-state index in [9.17, 15) is 14.3 Å². The average Bonchev–Trinajstić information content (AvgIpc) is 3.16. The monoisotopic (exact) mass is 472 g/mol. The van der Waals surface area contributed by atoms with Crippen LogP contribution in [0.15, 0.2) is 77.8 Å². The Labute approximate surface area is 204 Å². The highest BCUT2D eigenvalue weighted by molar-refractivity contribution is 6.21. The third-order valence-electron chi connectivity index (χ3n) is 5.87. The van der Waals surface area contributed by atoms with Gasteiger partial charge in [0.2, 0.25) is 5.91 Å². The van der Waals surface area contributed by atoms with Crippen molar-refractivity contribution >= 4 is 28.2 Å². The van der Waals surface area contributed by atoms with E-state index in [-0.39, 0.29) is 17.6 Å². The lowest BCUT2D eigenvalue weighted by molar-refractivity contribution is -0.129. The number of carbonyl (C=O) groups is 1. The summed E-state index contributed by atoms with van der Waals surface area (Å²) in [5.74, 6) is -0.402. The minimum Gasteiger partial charge on any atom is -0.494 e. The number of aliphatic imine (C=N–C) groups is 1. The maximum absolute atomic E-state index is 13.7. The summed E-state index contributed by atoms with van der Waals surface area (Å²) < 4.78 is 13.7. The molecule has 2 N–H and O–H groups in total. The van der Waals surface area contributed by atoms with E-state index in [0.717, 1.165) is 17.7 Å². The van der Waals surface area contributed by atoms with Crippen LogP contribution in [0.4, 0.5) is 10.1 Å². The number of amides is 1. The second-order valence-electron chi connectivity index (χ2n) is 8.83. The number of fused-ring (bicyclic) bond motifs is 1. The number of aromatic nitrogens is 1. The zero-order valence-corrected chi connectivity index (χ0v) is 20.1. The molecule has 35 heavy (non-hydrogen) atoms. The van der Waals surface area contributed by atoms with E-state index in [1.54, 1.807) is 11.0 Å². The van der Waals surface area contributed by atoms with Gasteiger partial charge in [-0.05, 0) is 50.0 Å². The van der Waals surface area contributed by atoms with E-state index in [4.69, 9.17) is 4.99 Å². The van der Waals surface area contributed by atoms with Crippen LogP contribution in [0, 0.1) is 5.82 Å². The zero-order chi connectivity index (χ0) is 24.9. The summed E-state index contributed by atoms with van der Waals surface area (Å²) in [5, 5.41) is 11.4. The Kier molecular flexibility index (Phi) is 7.27. The molecule has 0 fully saturated rings. The molecule has 1 aromatic heterocycles. The molecule has 4 rings (SSSR count). The number of aromatic amines is 1. The quantitative estimate of drug-likeness (QED) is 0.364. The molecule has 3 aromatic carbocycles. The topological polar surface area (TPSA) is 71.9 Å². The highest BCUT2D eigenvalue weighted by atomic mass is 19.1. The van der Waals surface area contributed by atoms with Crippen molar-refractivity contribution in [3.8, 4) is 5.88 Å². The number of hydrogen-bond acceptors (Lipinski definition) is 4. The number of nitrogens with one attached hydrogen (secondary N) is 1. The second-order valence-corrected chi connectivity index (χ2v) is 8.83. The Morgan fingerprint density at radius 3 is 2.37 bits per heavy atom. The van der Waals surface area contributed by atoms with Crippen molar-refractivity contribution in [2.45, 2.75) is 6.42 Å². The molecule has 0 atom stereocenters. The molecule has 0 aliphatic carbocycles. The first-order valence-electron chi connectivity index (χ1n) is 11.4. The lowest BCUT2D eigenvalue weighted by atomic mass is 10.0. The number of rotatable bonds is 8. The fraction of sp³-hybridized carbons (Fsp3) is 0.214. The van der Waals surface area contributed by atoms with Crippen molar-refractivity contribution in [1.29, 1.82) is 0 Å². The van der Waals surface area contributed by atoms with E-state index in [2.05, 4.69) is 4.98 Å². The normalized spacial score (nSPS) is 11.9.